The first-order valence-electron chi connectivity index (χ1n) is 7.49. The molecule has 23 heavy (non-hydrogen) atoms. The van der Waals surface area contributed by atoms with Crippen molar-refractivity contribution in [2.45, 2.75) is 26.7 Å². The van der Waals surface area contributed by atoms with Gasteiger partial charge < -0.3 is 9.30 Å². The van der Waals surface area contributed by atoms with Crippen molar-refractivity contribution in [3.63, 3.8) is 0 Å². The first kappa shape index (κ1) is 17.3. The second-order valence-electron chi connectivity index (χ2n) is 5.47. The van der Waals surface area contributed by atoms with E-state index in [0.29, 0.717) is 22.9 Å². The number of halogens is 1. The molecule has 1 aromatic heterocycles. The zero-order valence-corrected chi connectivity index (χ0v) is 14.5. The van der Waals surface area contributed by atoms with Crippen LogP contribution in [0.3, 0.4) is 0 Å². The van der Waals surface area contributed by atoms with E-state index < -0.39 is 5.92 Å². The van der Waals surface area contributed by atoms with Crippen molar-refractivity contribution in [2.24, 2.45) is 7.05 Å². The summed E-state index contributed by atoms with van der Waals surface area (Å²) in [5.74, 6) is -0.812. The molecule has 0 aliphatic carbocycles. The molecule has 122 valence electrons. The van der Waals surface area contributed by atoms with Crippen molar-refractivity contribution in [3.8, 4) is 0 Å². The first-order chi connectivity index (χ1) is 10.9. The topological polar surface area (TPSA) is 48.3 Å². The van der Waals surface area contributed by atoms with E-state index in [1.807, 2.05) is 13.0 Å². The Balaban J connectivity index is 2.39. The fourth-order valence-electron chi connectivity index (χ4n) is 2.65. The number of hydrogen-bond donors (Lipinski definition) is 0. The quantitative estimate of drug-likeness (QED) is 0.616. The smallest absolute Gasteiger partial charge is 0.314 e. The predicted molar refractivity (Wildman–Crippen MR) is 90.1 cm³/mol. The van der Waals surface area contributed by atoms with Gasteiger partial charge in [-0.05, 0) is 56.7 Å². The molecular formula is C18H20ClNO3. The van der Waals surface area contributed by atoms with E-state index in [9.17, 15) is 9.59 Å². The van der Waals surface area contributed by atoms with Crippen molar-refractivity contribution in [2.75, 3.05) is 6.61 Å². The van der Waals surface area contributed by atoms with Gasteiger partial charge in [-0.25, -0.2) is 0 Å². The third-order valence-electron chi connectivity index (χ3n) is 3.87. The summed E-state index contributed by atoms with van der Waals surface area (Å²) >= 11 is 5.87. The van der Waals surface area contributed by atoms with Gasteiger partial charge in [0.1, 0.15) is 0 Å². The number of hydrogen-bond acceptors (Lipinski definition) is 3. The zero-order valence-electron chi connectivity index (χ0n) is 13.7. The van der Waals surface area contributed by atoms with Gasteiger partial charge >= 0.3 is 5.97 Å². The van der Waals surface area contributed by atoms with Crippen LogP contribution in [0.2, 0.25) is 5.02 Å². The highest BCUT2D eigenvalue weighted by Gasteiger charge is 2.25. The van der Waals surface area contributed by atoms with Crippen LogP contribution in [-0.4, -0.2) is 22.9 Å². The summed E-state index contributed by atoms with van der Waals surface area (Å²) in [5, 5.41) is 0.585. The maximum Gasteiger partial charge on any atom is 0.314 e. The standard InChI is InChI=1S/C18H20ClNO3/c1-5-23-18(22)12(3)15-10-11(2)16(20(15)4)17(21)13-6-8-14(19)9-7-13/h6-10,12H,5H2,1-4H3. The van der Waals surface area contributed by atoms with E-state index in [1.54, 1.807) is 49.7 Å². The van der Waals surface area contributed by atoms with Crippen LogP contribution in [0.5, 0.6) is 0 Å². The number of carbonyl (C=O) groups is 2. The van der Waals surface area contributed by atoms with Crippen LogP contribution in [0.1, 0.15) is 47.1 Å². The molecule has 0 bridgehead atoms. The van der Waals surface area contributed by atoms with E-state index in [2.05, 4.69) is 0 Å². The van der Waals surface area contributed by atoms with Gasteiger partial charge in [0.05, 0.1) is 18.2 Å². The summed E-state index contributed by atoms with van der Waals surface area (Å²) in [5.41, 5.74) is 2.73. The molecule has 2 rings (SSSR count). The molecule has 0 spiro atoms. The lowest BCUT2D eigenvalue weighted by Gasteiger charge is -2.13. The summed E-state index contributed by atoms with van der Waals surface area (Å²) in [6.07, 6.45) is 0. The molecule has 0 aliphatic heterocycles. The Bertz CT molecular complexity index is 731. The number of carbonyl (C=O) groups excluding carboxylic acids is 2. The number of rotatable bonds is 5. The molecule has 0 amide bonds. The van der Waals surface area contributed by atoms with Gasteiger partial charge in [0.2, 0.25) is 5.78 Å². The lowest BCUT2D eigenvalue weighted by Crippen LogP contribution is -2.17. The monoisotopic (exact) mass is 333 g/mol. The van der Waals surface area contributed by atoms with E-state index in [4.69, 9.17) is 16.3 Å². The molecule has 0 N–H and O–H groups in total. The Kier molecular flexibility index (Phi) is 5.26. The lowest BCUT2D eigenvalue weighted by atomic mass is 10.1. The van der Waals surface area contributed by atoms with Crippen LogP contribution in [0.15, 0.2) is 30.3 Å². The number of ketones is 1. The molecule has 1 heterocycles. The Labute approximate surface area is 141 Å². The highest BCUT2D eigenvalue weighted by atomic mass is 35.5. The summed E-state index contributed by atoms with van der Waals surface area (Å²) in [7, 11) is 1.79. The highest BCUT2D eigenvalue weighted by molar-refractivity contribution is 6.30. The predicted octanol–water partition coefficient (Wildman–Crippen LogP) is 3.88. The maximum absolute atomic E-state index is 12.8. The molecule has 4 nitrogen and oxygen atoms in total. The minimum Gasteiger partial charge on any atom is -0.465 e. The molecule has 1 atom stereocenters. The molecule has 0 saturated carbocycles. The molecule has 0 fully saturated rings. The largest absolute Gasteiger partial charge is 0.465 e. The van der Waals surface area contributed by atoms with Crippen LogP contribution in [-0.2, 0) is 16.6 Å². The second kappa shape index (κ2) is 7.01. The van der Waals surface area contributed by atoms with Gasteiger partial charge in [-0.1, -0.05) is 11.6 Å². The minimum atomic E-state index is -0.426. The lowest BCUT2D eigenvalue weighted by molar-refractivity contribution is -0.144. The van der Waals surface area contributed by atoms with Crippen LogP contribution in [0, 0.1) is 6.92 Å². The van der Waals surface area contributed by atoms with Gasteiger partial charge in [-0.2, -0.15) is 0 Å². The summed E-state index contributed by atoms with van der Waals surface area (Å²) in [4.78, 5) is 24.7. The van der Waals surface area contributed by atoms with Crippen molar-refractivity contribution < 1.29 is 14.3 Å². The van der Waals surface area contributed by atoms with Gasteiger partial charge in [0.15, 0.2) is 0 Å². The molecular weight excluding hydrogens is 314 g/mol. The second-order valence-corrected chi connectivity index (χ2v) is 5.91. The van der Waals surface area contributed by atoms with Crippen molar-refractivity contribution in [1.82, 2.24) is 4.57 Å². The van der Waals surface area contributed by atoms with Crippen LogP contribution < -0.4 is 0 Å². The first-order valence-corrected chi connectivity index (χ1v) is 7.87. The SMILES string of the molecule is CCOC(=O)C(C)c1cc(C)c(C(=O)c2ccc(Cl)cc2)n1C. The fourth-order valence-corrected chi connectivity index (χ4v) is 2.78. The Hall–Kier alpha value is -2.07. The number of benzene rings is 1. The number of esters is 1. The molecule has 2 aromatic rings. The van der Waals surface area contributed by atoms with Crippen molar-refractivity contribution in [1.29, 1.82) is 0 Å². The third kappa shape index (κ3) is 3.48. The van der Waals surface area contributed by atoms with Gasteiger partial charge in [0.25, 0.3) is 0 Å². The minimum absolute atomic E-state index is 0.0935. The Morgan fingerprint density at radius 1 is 1.26 bits per heavy atom. The van der Waals surface area contributed by atoms with E-state index in [0.717, 1.165) is 11.3 Å². The zero-order chi connectivity index (χ0) is 17.1. The molecule has 0 saturated heterocycles. The fraction of sp³-hybridized carbons (Fsp3) is 0.333. The van der Waals surface area contributed by atoms with Gasteiger partial charge in [-0.3, -0.25) is 9.59 Å². The van der Waals surface area contributed by atoms with Crippen molar-refractivity contribution >= 4 is 23.4 Å². The number of aromatic nitrogens is 1. The third-order valence-corrected chi connectivity index (χ3v) is 4.12. The molecule has 1 unspecified atom stereocenters. The summed E-state index contributed by atoms with van der Waals surface area (Å²) in [6.45, 7) is 5.76. The molecule has 0 radical (unpaired) electrons. The van der Waals surface area contributed by atoms with Crippen LogP contribution >= 0.6 is 11.6 Å². The van der Waals surface area contributed by atoms with Crippen LogP contribution in [0.25, 0.3) is 0 Å². The summed E-state index contributed by atoms with van der Waals surface area (Å²) in [6, 6.07) is 8.65. The molecule has 1 aromatic carbocycles. The maximum atomic E-state index is 12.8. The Morgan fingerprint density at radius 2 is 1.87 bits per heavy atom. The number of ether oxygens (including phenoxy) is 1. The number of aryl methyl sites for hydroxylation is 1. The van der Waals surface area contributed by atoms with Gasteiger partial charge in [0, 0.05) is 23.3 Å². The Morgan fingerprint density at radius 3 is 2.43 bits per heavy atom. The van der Waals surface area contributed by atoms with Crippen LogP contribution in [0.4, 0.5) is 0 Å². The summed E-state index contributed by atoms with van der Waals surface area (Å²) < 4.78 is 6.84. The normalized spacial score (nSPS) is 12.0. The highest BCUT2D eigenvalue weighted by Crippen LogP contribution is 2.25. The van der Waals surface area contributed by atoms with Gasteiger partial charge in [-0.15, -0.1) is 0 Å². The van der Waals surface area contributed by atoms with E-state index in [-0.39, 0.29) is 11.8 Å². The van der Waals surface area contributed by atoms with E-state index >= 15 is 0 Å². The average molecular weight is 334 g/mol. The number of nitrogens with zero attached hydrogens (tertiary/aromatic N) is 1. The van der Waals surface area contributed by atoms with E-state index in [1.165, 1.54) is 0 Å². The van der Waals surface area contributed by atoms with Crippen molar-refractivity contribution in [3.05, 3.63) is 57.9 Å². The molecule has 5 heteroatoms. The average Bonchev–Trinajstić information content (AvgIpc) is 2.81. The molecule has 0 aliphatic rings.